The van der Waals surface area contributed by atoms with Crippen LogP contribution in [0.3, 0.4) is 0 Å². The smallest absolute Gasteiger partial charge is 0.409 e. The second-order valence-corrected chi connectivity index (χ2v) is 6.84. The molecular weight excluding hydrogens is 478 g/mol. The monoisotopic (exact) mass is 507 g/mol. The van der Waals surface area contributed by atoms with Gasteiger partial charge in [0.15, 0.2) is 5.96 Å². The van der Waals surface area contributed by atoms with Gasteiger partial charge in [-0.2, -0.15) is 13.2 Å². The molecule has 2 aliphatic rings. The molecule has 0 spiro atoms. The summed E-state index contributed by atoms with van der Waals surface area (Å²) in [7, 11) is 0. The lowest BCUT2D eigenvalue weighted by Crippen LogP contribution is -2.48. The van der Waals surface area contributed by atoms with E-state index in [-0.39, 0.29) is 42.0 Å². The van der Waals surface area contributed by atoms with Crippen molar-refractivity contribution in [3.8, 4) is 0 Å². The minimum absolute atomic E-state index is 0. The van der Waals surface area contributed by atoms with Crippen molar-refractivity contribution >= 4 is 36.0 Å². The van der Waals surface area contributed by atoms with E-state index in [4.69, 9.17) is 10.5 Å². The summed E-state index contributed by atoms with van der Waals surface area (Å²) in [5.41, 5.74) is 5.90. The van der Waals surface area contributed by atoms with Crippen molar-refractivity contribution in [2.75, 3.05) is 45.9 Å². The molecule has 11 heteroatoms. The van der Waals surface area contributed by atoms with Gasteiger partial charge in [0, 0.05) is 32.2 Å². The van der Waals surface area contributed by atoms with Crippen LogP contribution in [0.15, 0.2) is 4.99 Å². The summed E-state index contributed by atoms with van der Waals surface area (Å²) in [6, 6.07) is 0.134. The van der Waals surface area contributed by atoms with E-state index in [1.54, 1.807) is 11.8 Å². The minimum Gasteiger partial charge on any atom is -0.450 e. The summed E-state index contributed by atoms with van der Waals surface area (Å²) in [4.78, 5) is 19.0. The number of amides is 1. The number of rotatable bonds is 5. The van der Waals surface area contributed by atoms with Crippen LogP contribution < -0.4 is 11.1 Å². The fourth-order valence-electron chi connectivity index (χ4n) is 3.36. The number of alkyl halides is 3. The lowest BCUT2D eigenvalue weighted by atomic mass is 10.1. The van der Waals surface area contributed by atoms with Crippen molar-refractivity contribution in [3.05, 3.63) is 0 Å². The molecule has 0 aromatic rings. The van der Waals surface area contributed by atoms with Gasteiger partial charge in [0.05, 0.1) is 13.2 Å². The topological polar surface area (TPSA) is 83.2 Å². The molecule has 0 aromatic heterocycles. The van der Waals surface area contributed by atoms with E-state index in [2.05, 4.69) is 10.3 Å². The second-order valence-electron chi connectivity index (χ2n) is 6.84. The second kappa shape index (κ2) is 11.1. The molecule has 27 heavy (non-hydrogen) atoms. The number of nitrogens with two attached hydrogens (primary N) is 1. The van der Waals surface area contributed by atoms with Crippen LogP contribution in [0.2, 0.25) is 0 Å². The number of nitrogens with one attached hydrogen (secondary N) is 1. The Balaban J connectivity index is 0.00000364. The number of piperidine rings is 1. The van der Waals surface area contributed by atoms with E-state index in [1.165, 1.54) is 4.90 Å². The normalized spacial score (nSPS) is 22.4. The van der Waals surface area contributed by atoms with Gasteiger partial charge >= 0.3 is 12.3 Å². The largest absolute Gasteiger partial charge is 0.450 e. The highest BCUT2D eigenvalue weighted by molar-refractivity contribution is 14.0. The quantitative estimate of drug-likeness (QED) is 0.338. The molecule has 0 radical (unpaired) electrons. The zero-order valence-electron chi connectivity index (χ0n) is 15.5. The maximum absolute atomic E-state index is 12.4. The molecule has 7 nitrogen and oxygen atoms in total. The highest BCUT2D eigenvalue weighted by atomic mass is 127. The number of nitrogens with zero attached hydrogens (tertiary/aromatic N) is 3. The number of carbonyl (C=O) groups excluding carboxylic acids is 1. The molecule has 1 atom stereocenters. The molecule has 1 amide bonds. The van der Waals surface area contributed by atoms with Gasteiger partial charge in [-0.1, -0.05) is 0 Å². The maximum atomic E-state index is 12.4. The number of hydrogen-bond donors (Lipinski definition) is 2. The van der Waals surface area contributed by atoms with E-state index >= 15 is 0 Å². The van der Waals surface area contributed by atoms with E-state index in [0.29, 0.717) is 51.7 Å². The average molecular weight is 507 g/mol. The number of guanidine groups is 1. The van der Waals surface area contributed by atoms with E-state index in [1.807, 2.05) is 0 Å². The summed E-state index contributed by atoms with van der Waals surface area (Å²) < 4.78 is 42.2. The Bertz CT molecular complexity index is 499. The number of hydrogen-bond acceptors (Lipinski definition) is 4. The Morgan fingerprint density at radius 1 is 1.26 bits per heavy atom. The van der Waals surface area contributed by atoms with Gasteiger partial charge in [0.2, 0.25) is 0 Å². The third kappa shape index (κ3) is 8.71. The van der Waals surface area contributed by atoms with Crippen LogP contribution in [0.5, 0.6) is 0 Å². The highest BCUT2D eigenvalue weighted by Crippen LogP contribution is 2.22. The molecule has 2 saturated heterocycles. The van der Waals surface area contributed by atoms with Crippen molar-refractivity contribution in [3.63, 3.8) is 0 Å². The fourth-order valence-corrected chi connectivity index (χ4v) is 3.36. The molecule has 0 saturated carbocycles. The van der Waals surface area contributed by atoms with Crippen LogP contribution in [-0.4, -0.2) is 79.9 Å². The van der Waals surface area contributed by atoms with E-state index < -0.39 is 12.7 Å². The predicted molar refractivity (Wildman–Crippen MR) is 107 cm³/mol. The zero-order valence-corrected chi connectivity index (χ0v) is 17.8. The van der Waals surface area contributed by atoms with Gasteiger partial charge in [-0.25, -0.2) is 4.79 Å². The number of likely N-dealkylation sites (tertiary alicyclic amines) is 2. The molecule has 2 rings (SSSR count). The Morgan fingerprint density at radius 2 is 1.93 bits per heavy atom. The Hall–Kier alpha value is -0.980. The molecule has 2 aliphatic heterocycles. The van der Waals surface area contributed by atoms with Crippen LogP contribution in [0.4, 0.5) is 18.0 Å². The Kier molecular flexibility index (Phi) is 9.91. The average Bonchev–Trinajstić information content (AvgIpc) is 2.99. The number of carbonyl (C=O) groups is 1. The van der Waals surface area contributed by atoms with Crippen molar-refractivity contribution in [2.45, 2.75) is 38.4 Å². The van der Waals surface area contributed by atoms with Crippen LogP contribution in [0, 0.1) is 5.92 Å². The summed E-state index contributed by atoms with van der Waals surface area (Å²) in [6.45, 7) is 3.73. The fraction of sp³-hybridized carbons (Fsp3) is 0.875. The zero-order chi connectivity index (χ0) is 19.2. The van der Waals surface area contributed by atoms with E-state index in [9.17, 15) is 18.0 Å². The van der Waals surface area contributed by atoms with Gasteiger partial charge in [0.1, 0.15) is 0 Å². The predicted octanol–water partition coefficient (Wildman–Crippen LogP) is 2.01. The first-order chi connectivity index (χ1) is 12.3. The maximum Gasteiger partial charge on any atom is 0.409 e. The molecule has 2 fully saturated rings. The third-order valence-electron chi connectivity index (χ3n) is 4.67. The van der Waals surface area contributed by atoms with Gasteiger partial charge in [-0.3, -0.25) is 9.89 Å². The Morgan fingerprint density at radius 3 is 2.52 bits per heavy atom. The lowest BCUT2D eigenvalue weighted by Gasteiger charge is -2.31. The Labute approximate surface area is 174 Å². The lowest BCUT2D eigenvalue weighted by molar-refractivity contribution is -0.143. The molecule has 0 bridgehead atoms. The summed E-state index contributed by atoms with van der Waals surface area (Å²) in [5.74, 6) is 0.414. The minimum atomic E-state index is -4.16. The SMILES string of the molecule is CCOC(=O)N1CCC(NC(N)=NCC2CCN(CC(F)(F)F)C2)CC1.I. The molecule has 0 aliphatic carbocycles. The first kappa shape index (κ1) is 24.1. The van der Waals surface area contributed by atoms with Crippen LogP contribution in [-0.2, 0) is 4.74 Å². The molecule has 158 valence electrons. The number of aliphatic imine (C=N–C) groups is 1. The molecular formula is C16H29F3IN5O2. The van der Waals surface area contributed by atoms with Gasteiger partial charge in [-0.15, -0.1) is 24.0 Å². The molecule has 2 heterocycles. The van der Waals surface area contributed by atoms with Crippen molar-refractivity contribution in [2.24, 2.45) is 16.6 Å². The number of halogens is 4. The summed E-state index contributed by atoms with van der Waals surface area (Å²) in [5, 5.41) is 3.14. The van der Waals surface area contributed by atoms with Gasteiger partial charge < -0.3 is 20.7 Å². The van der Waals surface area contributed by atoms with Crippen LogP contribution >= 0.6 is 24.0 Å². The first-order valence-corrected chi connectivity index (χ1v) is 9.04. The van der Waals surface area contributed by atoms with Crippen molar-refractivity contribution < 1.29 is 22.7 Å². The van der Waals surface area contributed by atoms with Crippen LogP contribution in [0.1, 0.15) is 26.2 Å². The van der Waals surface area contributed by atoms with Crippen molar-refractivity contribution in [1.82, 2.24) is 15.1 Å². The molecule has 0 aromatic carbocycles. The van der Waals surface area contributed by atoms with Gasteiger partial charge in [-0.05, 0) is 38.6 Å². The van der Waals surface area contributed by atoms with Crippen molar-refractivity contribution in [1.29, 1.82) is 0 Å². The van der Waals surface area contributed by atoms with Gasteiger partial charge in [0.25, 0.3) is 0 Å². The molecule has 1 unspecified atom stereocenters. The first-order valence-electron chi connectivity index (χ1n) is 9.04. The summed E-state index contributed by atoms with van der Waals surface area (Å²) >= 11 is 0. The van der Waals surface area contributed by atoms with E-state index in [0.717, 1.165) is 12.8 Å². The summed E-state index contributed by atoms with van der Waals surface area (Å²) in [6.07, 6.45) is -2.25. The standard InChI is InChI=1S/C16H28F3N5O2.HI/c1-2-26-15(25)24-7-4-13(5-8-24)22-14(20)21-9-12-3-6-23(10-12)11-16(17,18)19;/h12-13H,2-11H2,1H3,(H3,20,21,22);1H. The van der Waals surface area contributed by atoms with Crippen LogP contribution in [0.25, 0.3) is 0 Å². The molecule has 3 N–H and O–H groups in total. The number of ether oxygens (including phenoxy) is 1. The third-order valence-corrected chi connectivity index (χ3v) is 4.67. The highest BCUT2D eigenvalue weighted by Gasteiger charge is 2.34.